The Balaban J connectivity index is 0.00000180. The molecule has 0 atom stereocenters. The van der Waals surface area contributed by atoms with Crippen molar-refractivity contribution in [2.24, 2.45) is 0 Å². The Morgan fingerprint density at radius 3 is 2.58 bits per heavy atom. The lowest BCUT2D eigenvalue weighted by atomic mass is 10.1. The number of carbonyl (C=O) groups is 1. The molecule has 1 aliphatic heterocycles. The number of benzene rings is 1. The van der Waals surface area contributed by atoms with Crippen LogP contribution in [0.4, 0.5) is 4.39 Å². The van der Waals surface area contributed by atoms with E-state index >= 15 is 0 Å². The third kappa shape index (κ3) is 4.80. The standard InChI is InChI=1S/C14H18FNO2.ClH/c15-13-7-3-2-6-12(13)14(17)18-11-10-16-8-4-1-5-9-16;/h2-3,6-7H,1,4-5,8-11H2;1H. The quantitative estimate of drug-likeness (QED) is 0.798. The summed E-state index contributed by atoms with van der Waals surface area (Å²) in [5.74, 6) is -1.11. The van der Waals surface area contributed by atoms with Crippen molar-refractivity contribution in [2.75, 3.05) is 26.2 Å². The van der Waals surface area contributed by atoms with Gasteiger partial charge < -0.3 is 4.74 Å². The lowest BCUT2D eigenvalue weighted by Crippen LogP contribution is -2.33. The second kappa shape index (κ2) is 8.12. The Bertz CT molecular complexity index is 408. The van der Waals surface area contributed by atoms with E-state index in [-0.39, 0.29) is 18.0 Å². The van der Waals surface area contributed by atoms with Crippen molar-refractivity contribution in [3.8, 4) is 0 Å². The monoisotopic (exact) mass is 287 g/mol. The van der Waals surface area contributed by atoms with E-state index in [0.29, 0.717) is 6.61 Å². The summed E-state index contributed by atoms with van der Waals surface area (Å²) in [5.41, 5.74) is 0.0103. The minimum Gasteiger partial charge on any atom is -0.461 e. The van der Waals surface area contributed by atoms with Crippen molar-refractivity contribution in [3.05, 3.63) is 35.6 Å². The maximum Gasteiger partial charge on any atom is 0.341 e. The van der Waals surface area contributed by atoms with Gasteiger partial charge in [-0.3, -0.25) is 4.90 Å². The Morgan fingerprint density at radius 2 is 1.89 bits per heavy atom. The van der Waals surface area contributed by atoms with Crippen LogP contribution in [-0.2, 0) is 4.74 Å². The van der Waals surface area contributed by atoms with E-state index in [1.54, 1.807) is 12.1 Å². The smallest absolute Gasteiger partial charge is 0.341 e. The maximum atomic E-state index is 13.3. The fourth-order valence-corrected chi connectivity index (χ4v) is 2.15. The maximum absolute atomic E-state index is 13.3. The molecule has 0 amide bonds. The number of esters is 1. The number of ether oxygens (including phenoxy) is 1. The van der Waals surface area contributed by atoms with Crippen molar-refractivity contribution < 1.29 is 13.9 Å². The predicted molar refractivity (Wildman–Crippen MR) is 74.2 cm³/mol. The molecular formula is C14H19ClFNO2. The number of carbonyl (C=O) groups excluding carboxylic acids is 1. The number of nitrogens with zero attached hydrogens (tertiary/aromatic N) is 1. The highest BCUT2D eigenvalue weighted by Crippen LogP contribution is 2.10. The van der Waals surface area contributed by atoms with Crippen molar-refractivity contribution >= 4 is 18.4 Å². The van der Waals surface area contributed by atoms with Gasteiger partial charge in [0.25, 0.3) is 0 Å². The minimum atomic E-state index is -0.579. The van der Waals surface area contributed by atoms with E-state index in [1.807, 2.05) is 0 Å². The van der Waals surface area contributed by atoms with E-state index in [2.05, 4.69) is 4.90 Å². The lowest BCUT2D eigenvalue weighted by Gasteiger charge is -2.25. The molecule has 2 rings (SSSR count). The second-order valence-electron chi connectivity index (χ2n) is 4.52. The Morgan fingerprint density at radius 1 is 1.21 bits per heavy atom. The average molecular weight is 288 g/mol. The van der Waals surface area contributed by atoms with Gasteiger partial charge in [-0.25, -0.2) is 9.18 Å². The largest absolute Gasteiger partial charge is 0.461 e. The summed E-state index contributed by atoms with van der Waals surface area (Å²) in [6, 6.07) is 5.89. The topological polar surface area (TPSA) is 29.5 Å². The molecule has 3 nitrogen and oxygen atoms in total. The third-order valence-electron chi connectivity index (χ3n) is 3.18. The van der Waals surface area contributed by atoms with E-state index in [9.17, 15) is 9.18 Å². The zero-order chi connectivity index (χ0) is 12.8. The molecule has 19 heavy (non-hydrogen) atoms. The lowest BCUT2D eigenvalue weighted by molar-refractivity contribution is 0.0447. The van der Waals surface area contributed by atoms with Crippen LogP contribution in [0.15, 0.2) is 24.3 Å². The number of halogens is 2. The molecular weight excluding hydrogens is 269 g/mol. The van der Waals surface area contributed by atoms with Gasteiger partial charge in [0, 0.05) is 6.54 Å². The second-order valence-corrected chi connectivity index (χ2v) is 4.52. The van der Waals surface area contributed by atoms with Crippen LogP contribution in [-0.4, -0.2) is 37.1 Å². The molecule has 0 bridgehead atoms. The number of hydrogen-bond acceptors (Lipinski definition) is 3. The van der Waals surface area contributed by atoms with Gasteiger partial charge in [0.15, 0.2) is 0 Å². The Kier molecular flexibility index (Phi) is 6.81. The van der Waals surface area contributed by atoms with Crippen LogP contribution in [0.25, 0.3) is 0 Å². The highest BCUT2D eigenvalue weighted by molar-refractivity contribution is 5.89. The van der Waals surface area contributed by atoms with Crippen LogP contribution in [0.2, 0.25) is 0 Å². The zero-order valence-electron chi connectivity index (χ0n) is 10.8. The van der Waals surface area contributed by atoms with Gasteiger partial charge in [0.05, 0.1) is 5.56 Å². The van der Waals surface area contributed by atoms with Gasteiger partial charge in [-0.2, -0.15) is 0 Å². The third-order valence-corrected chi connectivity index (χ3v) is 3.18. The van der Waals surface area contributed by atoms with Crippen LogP contribution in [0, 0.1) is 5.82 Å². The predicted octanol–water partition coefficient (Wildman–Crippen LogP) is 2.89. The summed E-state index contributed by atoms with van der Waals surface area (Å²) >= 11 is 0. The summed E-state index contributed by atoms with van der Waals surface area (Å²) in [6.45, 7) is 3.20. The number of likely N-dealkylation sites (tertiary alicyclic amines) is 1. The number of rotatable bonds is 4. The summed E-state index contributed by atoms with van der Waals surface area (Å²) < 4.78 is 18.4. The van der Waals surface area contributed by atoms with Gasteiger partial charge in [0.2, 0.25) is 0 Å². The van der Waals surface area contributed by atoms with Crippen LogP contribution in [0.1, 0.15) is 29.6 Å². The van der Waals surface area contributed by atoms with Crippen molar-refractivity contribution in [3.63, 3.8) is 0 Å². The summed E-state index contributed by atoms with van der Waals surface area (Å²) in [4.78, 5) is 13.9. The van der Waals surface area contributed by atoms with E-state index < -0.39 is 11.8 Å². The number of hydrogen-bond donors (Lipinski definition) is 0. The minimum absolute atomic E-state index is 0. The first-order valence-electron chi connectivity index (χ1n) is 6.41. The molecule has 106 valence electrons. The van der Waals surface area contributed by atoms with Gasteiger partial charge >= 0.3 is 5.97 Å². The fourth-order valence-electron chi connectivity index (χ4n) is 2.15. The van der Waals surface area contributed by atoms with Gasteiger partial charge in [-0.1, -0.05) is 18.6 Å². The van der Waals surface area contributed by atoms with Crippen LogP contribution in [0.3, 0.4) is 0 Å². The van der Waals surface area contributed by atoms with Gasteiger partial charge in [0.1, 0.15) is 12.4 Å². The molecule has 1 saturated heterocycles. The molecule has 0 unspecified atom stereocenters. The molecule has 1 heterocycles. The zero-order valence-corrected chi connectivity index (χ0v) is 11.6. The van der Waals surface area contributed by atoms with E-state index in [1.165, 1.54) is 31.4 Å². The summed E-state index contributed by atoms with van der Waals surface area (Å²) in [7, 11) is 0. The first-order valence-corrected chi connectivity index (χ1v) is 6.41. The Hall–Kier alpha value is -1.13. The summed E-state index contributed by atoms with van der Waals surface area (Å²) in [5, 5.41) is 0. The van der Waals surface area contributed by atoms with Gasteiger partial charge in [-0.05, 0) is 38.1 Å². The normalized spacial score (nSPS) is 15.6. The molecule has 1 aromatic rings. The van der Waals surface area contributed by atoms with E-state index in [4.69, 9.17) is 4.74 Å². The Labute approximate surface area is 119 Å². The summed E-state index contributed by atoms with van der Waals surface area (Å²) in [6.07, 6.45) is 3.70. The number of piperidine rings is 1. The molecule has 0 saturated carbocycles. The van der Waals surface area contributed by atoms with Crippen molar-refractivity contribution in [1.29, 1.82) is 0 Å². The molecule has 0 N–H and O–H groups in total. The molecule has 0 aliphatic carbocycles. The van der Waals surface area contributed by atoms with Gasteiger partial charge in [-0.15, -0.1) is 12.4 Å². The highest BCUT2D eigenvalue weighted by Gasteiger charge is 2.14. The van der Waals surface area contributed by atoms with Crippen LogP contribution in [0.5, 0.6) is 0 Å². The van der Waals surface area contributed by atoms with Crippen molar-refractivity contribution in [2.45, 2.75) is 19.3 Å². The first kappa shape index (κ1) is 15.9. The molecule has 1 aliphatic rings. The fraction of sp³-hybridized carbons (Fsp3) is 0.500. The van der Waals surface area contributed by atoms with Crippen molar-refractivity contribution in [1.82, 2.24) is 4.90 Å². The SMILES string of the molecule is Cl.O=C(OCCN1CCCCC1)c1ccccc1F. The highest BCUT2D eigenvalue weighted by atomic mass is 35.5. The molecule has 1 aromatic carbocycles. The van der Waals surface area contributed by atoms with Crippen LogP contribution < -0.4 is 0 Å². The molecule has 1 fully saturated rings. The molecule has 0 spiro atoms. The molecule has 5 heteroatoms. The first-order chi connectivity index (χ1) is 8.77. The molecule has 0 aromatic heterocycles. The van der Waals surface area contributed by atoms with Crippen LogP contribution >= 0.6 is 12.4 Å². The average Bonchev–Trinajstić information content (AvgIpc) is 2.40. The van der Waals surface area contributed by atoms with E-state index in [0.717, 1.165) is 19.6 Å². The molecule has 0 radical (unpaired) electrons.